The van der Waals surface area contributed by atoms with E-state index in [-0.39, 0.29) is 5.91 Å². The third-order valence-electron chi connectivity index (χ3n) is 7.50. The molecule has 192 valence electrons. The number of para-hydroxylation sites is 1. The predicted octanol–water partition coefficient (Wildman–Crippen LogP) is 6.43. The zero-order valence-electron chi connectivity index (χ0n) is 21.5. The van der Waals surface area contributed by atoms with E-state index in [2.05, 4.69) is 49.8 Å². The number of rotatable bonds is 8. The number of anilines is 2. The predicted molar refractivity (Wildman–Crippen MR) is 155 cm³/mol. The second kappa shape index (κ2) is 11.1. The molecule has 1 aromatic heterocycles. The highest BCUT2D eigenvalue weighted by molar-refractivity contribution is 6.37. The number of fused-ring (bicyclic) bond motifs is 1. The number of carbonyl (C=O) groups excluding carboxylic acids is 1. The van der Waals surface area contributed by atoms with Crippen LogP contribution >= 0.6 is 0 Å². The van der Waals surface area contributed by atoms with E-state index >= 15 is 0 Å². The number of nitrogens with zero attached hydrogens (tertiary/aromatic N) is 2. The fraction of sp³-hybridized carbons (Fsp3) is 0.250. The van der Waals surface area contributed by atoms with Gasteiger partial charge in [0.15, 0.2) is 0 Å². The molecule has 6 rings (SSSR count). The lowest BCUT2D eigenvalue weighted by atomic mass is 9.98. The van der Waals surface area contributed by atoms with Gasteiger partial charge in [-0.1, -0.05) is 61.0 Å². The number of hydrogen-bond acceptors (Lipinski definition) is 4. The molecule has 2 aliphatic heterocycles. The van der Waals surface area contributed by atoms with E-state index in [1.54, 1.807) is 6.33 Å². The molecule has 1 fully saturated rings. The van der Waals surface area contributed by atoms with Crippen molar-refractivity contribution >= 4 is 28.6 Å². The summed E-state index contributed by atoms with van der Waals surface area (Å²) in [5, 5.41) is 6.60. The van der Waals surface area contributed by atoms with E-state index in [4.69, 9.17) is 0 Å². The van der Waals surface area contributed by atoms with Gasteiger partial charge in [-0.25, -0.2) is 4.98 Å². The highest BCUT2D eigenvalue weighted by Crippen LogP contribution is 2.37. The molecule has 6 nitrogen and oxygen atoms in total. The first-order chi connectivity index (χ1) is 18.7. The number of carbonyl (C=O) groups is 1. The average molecular weight is 504 g/mol. The number of hydrogen-bond donors (Lipinski definition) is 3. The van der Waals surface area contributed by atoms with Crippen LogP contribution < -0.4 is 10.6 Å². The van der Waals surface area contributed by atoms with Crippen molar-refractivity contribution in [2.45, 2.75) is 32.1 Å². The summed E-state index contributed by atoms with van der Waals surface area (Å²) in [5.41, 5.74) is 8.38. The van der Waals surface area contributed by atoms with Crippen LogP contribution in [-0.4, -0.2) is 40.4 Å². The molecule has 0 unspecified atom stereocenters. The summed E-state index contributed by atoms with van der Waals surface area (Å²) in [7, 11) is 0. The lowest BCUT2D eigenvalue weighted by Crippen LogP contribution is -2.30. The van der Waals surface area contributed by atoms with E-state index in [1.165, 1.54) is 50.9 Å². The largest absolute Gasteiger partial charge is 0.354 e. The van der Waals surface area contributed by atoms with Gasteiger partial charge in [0.1, 0.15) is 0 Å². The molecular weight excluding hydrogens is 470 g/mol. The molecule has 3 N–H and O–H groups in total. The number of amides is 1. The minimum atomic E-state index is -0.0903. The number of benzene rings is 3. The van der Waals surface area contributed by atoms with Gasteiger partial charge in [0.2, 0.25) is 0 Å². The second-order valence-electron chi connectivity index (χ2n) is 10.1. The van der Waals surface area contributed by atoms with Gasteiger partial charge in [-0.2, -0.15) is 0 Å². The third-order valence-corrected chi connectivity index (χ3v) is 7.50. The maximum Gasteiger partial charge on any atom is 0.258 e. The number of imidazole rings is 1. The Hall–Kier alpha value is -4.16. The Morgan fingerprint density at radius 2 is 1.71 bits per heavy atom. The Morgan fingerprint density at radius 3 is 2.47 bits per heavy atom. The zero-order valence-corrected chi connectivity index (χ0v) is 21.5. The molecule has 0 saturated carbocycles. The van der Waals surface area contributed by atoms with E-state index < -0.39 is 0 Å². The van der Waals surface area contributed by atoms with Crippen LogP contribution in [0.4, 0.5) is 11.4 Å². The number of aromatic amines is 1. The molecule has 0 radical (unpaired) electrons. The Morgan fingerprint density at radius 1 is 0.921 bits per heavy atom. The molecule has 0 spiro atoms. The molecule has 0 aliphatic carbocycles. The Bertz CT molecular complexity index is 1420. The van der Waals surface area contributed by atoms with E-state index in [1.807, 2.05) is 54.7 Å². The monoisotopic (exact) mass is 503 g/mol. The Labute approximate surface area is 223 Å². The molecule has 3 heterocycles. The standard InChI is InChI=1S/C32H33N5O/c38-32-30(27-8-2-3-9-28(27)36-32)31(35-26-16-14-24(15-17-26)29-21-33-22-34-29)25-12-10-23(11-13-25)7-6-20-37-18-4-1-5-19-37/h2-3,8-17,21-22,35H,1,4-7,18-20H2,(H,33,34)(H,36,38)/b31-30-. The zero-order chi connectivity index (χ0) is 25.7. The van der Waals surface area contributed by atoms with Crippen LogP contribution in [0, 0.1) is 0 Å². The van der Waals surface area contributed by atoms with Crippen molar-refractivity contribution in [3.8, 4) is 11.3 Å². The van der Waals surface area contributed by atoms with Gasteiger partial charge in [0, 0.05) is 28.7 Å². The maximum absolute atomic E-state index is 13.2. The van der Waals surface area contributed by atoms with Crippen molar-refractivity contribution < 1.29 is 4.79 Å². The van der Waals surface area contributed by atoms with Gasteiger partial charge >= 0.3 is 0 Å². The molecular formula is C32H33N5O. The van der Waals surface area contributed by atoms with E-state index in [9.17, 15) is 4.79 Å². The van der Waals surface area contributed by atoms with Gasteiger partial charge in [0.25, 0.3) is 5.91 Å². The van der Waals surface area contributed by atoms with Crippen LogP contribution in [0.1, 0.15) is 42.4 Å². The highest BCUT2D eigenvalue weighted by Gasteiger charge is 2.28. The van der Waals surface area contributed by atoms with Gasteiger partial charge in [-0.05, 0) is 74.6 Å². The van der Waals surface area contributed by atoms with Gasteiger partial charge in [-0.15, -0.1) is 0 Å². The molecule has 2 aliphatic rings. The smallest absolute Gasteiger partial charge is 0.258 e. The first-order valence-corrected chi connectivity index (χ1v) is 13.6. The lowest BCUT2D eigenvalue weighted by Gasteiger charge is -2.26. The second-order valence-corrected chi connectivity index (χ2v) is 10.1. The summed E-state index contributed by atoms with van der Waals surface area (Å²) in [5.74, 6) is -0.0903. The molecule has 4 aromatic rings. The SMILES string of the molecule is O=C1Nc2ccccc2/C1=C(/Nc1ccc(-c2c[nH]cn2)cc1)c1ccc(CCCN2CCCCC2)cc1. The third kappa shape index (κ3) is 5.27. The Kier molecular flexibility index (Phi) is 7.05. The summed E-state index contributed by atoms with van der Waals surface area (Å²) >= 11 is 0. The fourth-order valence-electron chi connectivity index (χ4n) is 5.46. The maximum atomic E-state index is 13.2. The summed E-state index contributed by atoms with van der Waals surface area (Å²) < 4.78 is 0. The number of likely N-dealkylation sites (tertiary alicyclic amines) is 1. The molecule has 1 saturated heterocycles. The van der Waals surface area contributed by atoms with E-state index in [0.717, 1.165) is 45.9 Å². The summed E-state index contributed by atoms with van der Waals surface area (Å²) in [6.45, 7) is 3.66. The van der Waals surface area contributed by atoms with Crippen LogP contribution in [0.25, 0.3) is 22.5 Å². The first kappa shape index (κ1) is 24.2. The Balaban J connectivity index is 1.26. The molecule has 6 heteroatoms. The summed E-state index contributed by atoms with van der Waals surface area (Å²) in [6, 6.07) is 24.7. The van der Waals surface area contributed by atoms with Gasteiger partial charge in [-0.3, -0.25) is 4.79 Å². The highest BCUT2D eigenvalue weighted by atomic mass is 16.2. The van der Waals surface area contributed by atoms with Crippen molar-refractivity contribution in [1.29, 1.82) is 0 Å². The molecule has 0 bridgehead atoms. The van der Waals surface area contributed by atoms with E-state index in [0.29, 0.717) is 5.57 Å². The van der Waals surface area contributed by atoms with Crippen LogP contribution in [-0.2, 0) is 11.2 Å². The topological polar surface area (TPSA) is 73.0 Å². The summed E-state index contributed by atoms with van der Waals surface area (Å²) in [6.07, 6.45) is 9.84. The minimum absolute atomic E-state index is 0.0903. The van der Waals surface area contributed by atoms with Crippen LogP contribution in [0.15, 0.2) is 85.3 Å². The van der Waals surface area contributed by atoms with Crippen molar-refractivity contribution in [2.24, 2.45) is 0 Å². The van der Waals surface area contributed by atoms with Gasteiger partial charge in [0.05, 0.1) is 23.3 Å². The molecule has 1 amide bonds. The van der Waals surface area contributed by atoms with Crippen molar-refractivity contribution in [1.82, 2.24) is 14.9 Å². The molecule has 3 aromatic carbocycles. The minimum Gasteiger partial charge on any atom is -0.354 e. The van der Waals surface area contributed by atoms with Crippen LogP contribution in [0.2, 0.25) is 0 Å². The fourth-order valence-corrected chi connectivity index (χ4v) is 5.46. The average Bonchev–Trinajstić information content (AvgIpc) is 3.61. The van der Waals surface area contributed by atoms with Crippen molar-refractivity contribution in [3.63, 3.8) is 0 Å². The molecule has 38 heavy (non-hydrogen) atoms. The number of piperidine rings is 1. The molecule has 0 atom stereocenters. The van der Waals surface area contributed by atoms with Crippen LogP contribution in [0.3, 0.4) is 0 Å². The normalized spacial score (nSPS) is 16.7. The number of aromatic nitrogens is 2. The number of nitrogens with one attached hydrogen (secondary N) is 3. The quantitative estimate of drug-likeness (QED) is 0.242. The van der Waals surface area contributed by atoms with Gasteiger partial charge < -0.3 is 20.5 Å². The van der Waals surface area contributed by atoms with Crippen molar-refractivity contribution in [3.05, 3.63) is 102 Å². The summed E-state index contributed by atoms with van der Waals surface area (Å²) in [4.78, 5) is 23.1. The van der Waals surface area contributed by atoms with Crippen molar-refractivity contribution in [2.75, 3.05) is 30.3 Å². The number of aryl methyl sites for hydroxylation is 1. The van der Waals surface area contributed by atoms with Crippen LogP contribution in [0.5, 0.6) is 0 Å². The number of H-pyrrole nitrogens is 1. The first-order valence-electron chi connectivity index (χ1n) is 13.6. The lowest BCUT2D eigenvalue weighted by molar-refractivity contribution is -0.110.